The van der Waals surface area contributed by atoms with E-state index >= 15 is 0 Å². The van der Waals surface area contributed by atoms with E-state index in [1.165, 1.54) is 16.6 Å². The first-order valence-electron chi connectivity index (χ1n) is 3.82. The van der Waals surface area contributed by atoms with Gasteiger partial charge in [0.2, 0.25) is 0 Å². The second kappa shape index (κ2) is 2.12. The SMILES string of the molecule is Cc1cn2ccccc2c1C. The Morgan fingerprint density at radius 2 is 2.00 bits per heavy atom. The molecule has 0 unspecified atom stereocenters. The van der Waals surface area contributed by atoms with Crippen molar-refractivity contribution in [2.75, 3.05) is 0 Å². The van der Waals surface area contributed by atoms with Crippen LogP contribution < -0.4 is 0 Å². The lowest BCUT2D eigenvalue weighted by molar-refractivity contribution is 1.19. The molecule has 0 spiro atoms. The molecule has 11 heavy (non-hydrogen) atoms. The van der Waals surface area contributed by atoms with E-state index < -0.39 is 0 Å². The van der Waals surface area contributed by atoms with E-state index in [-0.39, 0.29) is 0 Å². The van der Waals surface area contributed by atoms with Crippen molar-refractivity contribution in [3.8, 4) is 0 Å². The third kappa shape index (κ3) is 0.845. The fraction of sp³-hybridized carbons (Fsp3) is 0.200. The predicted octanol–water partition coefficient (Wildman–Crippen LogP) is 2.56. The molecule has 1 nitrogen and oxygen atoms in total. The maximum atomic E-state index is 2.16. The average molecular weight is 145 g/mol. The summed E-state index contributed by atoms with van der Waals surface area (Å²) in [6, 6.07) is 6.26. The molecule has 0 amide bonds. The predicted molar refractivity (Wildman–Crippen MR) is 46.9 cm³/mol. The van der Waals surface area contributed by atoms with Gasteiger partial charge in [-0.2, -0.15) is 0 Å². The first kappa shape index (κ1) is 6.47. The largest absolute Gasteiger partial charge is 0.323 e. The van der Waals surface area contributed by atoms with Crippen molar-refractivity contribution in [1.82, 2.24) is 4.40 Å². The van der Waals surface area contributed by atoms with Gasteiger partial charge < -0.3 is 4.40 Å². The highest BCUT2D eigenvalue weighted by atomic mass is 14.9. The smallest absolute Gasteiger partial charge is 0.0481 e. The monoisotopic (exact) mass is 145 g/mol. The molecule has 0 atom stereocenters. The summed E-state index contributed by atoms with van der Waals surface area (Å²) in [5.74, 6) is 0. The van der Waals surface area contributed by atoms with Crippen LogP contribution in [0, 0.1) is 13.8 Å². The van der Waals surface area contributed by atoms with Gasteiger partial charge in [0, 0.05) is 17.9 Å². The maximum Gasteiger partial charge on any atom is 0.0481 e. The summed E-state index contributed by atoms with van der Waals surface area (Å²) in [6.45, 7) is 4.30. The van der Waals surface area contributed by atoms with Crippen molar-refractivity contribution in [1.29, 1.82) is 0 Å². The summed E-state index contributed by atoms with van der Waals surface area (Å²) >= 11 is 0. The number of fused-ring (bicyclic) bond motifs is 1. The number of hydrogen-bond donors (Lipinski definition) is 0. The highest BCUT2D eigenvalue weighted by Crippen LogP contribution is 2.15. The summed E-state index contributed by atoms with van der Waals surface area (Å²) < 4.78 is 2.16. The normalized spacial score (nSPS) is 10.7. The van der Waals surface area contributed by atoms with Gasteiger partial charge in [0.05, 0.1) is 0 Å². The minimum Gasteiger partial charge on any atom is -0.323 e. The van der Waals surface area contributed by atoms with Gasteiger partial charge in [0.25, 0.3) is 0 Å². The highest BCUT2D eigenvalue weighted by molar-refractivity contribution is 5.57. The molecule has 0 aliphatic heterocycles. The summed E-state index contributed by atoms with van der Waals surface area (Å²) in [5.41, 5.74) is 4.05. The first-order chi connectivity index (χ1) is 5.29. The van der Waals surface area contributed by atoms with Crippen LogP contribution in [0.3, 0.4) is 0 Å². The molecule has 0 aromatic carbocycles. The Balaban J connectivity index is 2.92. The third-order valence-corrected chi connectivity index (χ3v) is 2.20. The van der Waals surface area contributed by atoms with E-state index in [0.29, 0.717) is 0 Å². The molecule has 0 saturated heterocycles. The van der Waals surface area contributed by atoms with Gasteiger partial charge in [-0.1, -0.05) is 6.07 Å². The average Bonchev–Trinajstić information content (AvgIpc) is 2.30. The quantitative estimate of drug-likeness (QED) is 0.536. The Labute approximate surface area is 66.3 Å². The summed E-state index contributed by atoms with van der Waals surface area (Å²) in [5, 5.41) is 0. The van der Waals surface area contributed by atoms with E-state index in [1.54, 1.807) is 0 Å². The van der Waals surface area contributed by atoms with Gasteiger partial charge in [0.15, 0.2) is 0 Å². The Bertz CT molecular complexity index is 385. The second-order valence-corrected chi connectivity index (χ2v) is 2.93. The van der Waals surface area contributed by atoms with E-state index in [0.717, 1.165) is 0 Å². The van der Waals surface area contributed by atoms with E-state index in [9.17, 15) is 0 Å². The van der Waals surface area contributed by atoms with Crippen molar-refractivity contribution in [2.24, 2.45) is 0 Å². The lowest BCUT2D eigenvalue weighted by Gasteiger charge is -1.92. The molecule has 1 heteroatoms. The van der Waals surface area contributed by atoms with Crippen molar-refractivity contribution in [3.05, 3.63) is 41.7 Å². The van der Waals surface area contributed by atoms with Gasteiger partial charge in [-0.25, -0.2) is 0 Å². The molecule has 2 rings (SSSR count). The van der Waals surface area contributed by atoms with Crippen LogP contribution in [0.15, 0.2) is 30.6 Å². The zero-order valence-electron chi connectivity index (χ0n) is 6.83. The molecule has 2 heterocycles. The van der Waals surface area contributed by atoms with Gasteiger partial charge in [-0.3, -0.25) is 0 Å². The number of hydrogen-bond acceptors (Lipinski definition) is 0. The number of nitrogens with zero attached hydrogens (tertiary/aromatic N) is 1. The molecule has 2 aromatic rings. The van der Waals surface area contributed by atoms with Crippen LogP contribution in [0.5, 0.6) is 0 Å². The van der Waals surface area contributed by atoms with E-state index in [4.69, 9.17) is 0 Å². The molecule has 2 aromatic heterocycles. The van der Waals surface area contributed by atoms with Gasteiger partial charge in [-0.15, -0.1) is 0 Å². The van der Waals surface area contributed by atoms with Crippen LogP contribution in [0.25, 0.3) is 5.52 Å². The molecule has 0 saturated carbocycles. The van der Waals surface area contributed by atoms with Gasteiger partial charge in [0.1, 0.15) is 0 Å². The molecule has 0 bridgehead atoms. The van der Waals surface area contributed by atoms with Crippen LogP contribution in [0.1, 0.15) is 11.1 Å². The minimum atomic E-state index is 1.31. The Kier molecular flexibility index (Phi) is 1.25. The topological polar surface area (TPSA) is 4.41 Å². The highest BCUT2D eigenvalue weighted by Gasteiger charge is 1.99. The van der Waals surface area contributed by atoms with Crippen LogP contribution >= 0.6 is 0 Å². The summed E-state index contributed by atoms with van der Waals surface area (Å²) in [6.07, 6.45) is 4.24. The molecule has 0 aliphatic rings. The molecule has 0 aliphatic carbocycles. The van der Waals surface area contributed by atoms with E-state index in [1.807, 2.05) is 6.07 Å². The molecule has 0 radical (unpaired) electrons. The second-order valence-electron chi connectivity index (χ2n) is 2.93. The number of rotatable bonds is 0. The zero-order chi connectivity index (χ0) is 7.84. The first-order valence-corrected chi connectivity index (χ1v) is 3.82. The van der Waals surface area contributed by atoms with Crippen molar-refractivity contribution in [2.45, 2.75) is 13.8 Å². The van der Waals surface area contributed by atoms with Crippen LogP contribution in [-0.2, 0) is 0 Å². The van der Waals surface area contributed by atoms with Gasteiger partial charge in [-0.05, 0) is 37.1 Å². The number of pyridine rings is 1. The summed E-state index contributed by atoms with van der Waals surface area (Å²) in [4.78, 5) is 0. The van der Waals surface area contributed by atoms with Crippen LogP contribution in [0.2, 0.25) is 0 Å². The summed E-state index contributed by atoms with van der Waals surface area (Å²) in [7, 11) is 0. The fourth-order valence-corrected chi connectivity index (χ4v) is 1.39. The van der Waals surface area contributed by atoms with Gasteiger partial charge >= 0.3 is 0 Å². The molecule has 0 N–H and O–H groups in total. The Hall–Kier alpha value is -1.24. The minimum absolute atomic E-state index is 1.31. The number of aryl methyl sites for hydroxylation is 2. The van der Waals surface area contributed by atoms with Crippen molar-refractivity contribution < 1.29 is 0 Å². The third-order valence-electron chi connectivity index (χ3n) is 2.20. The van der Waals surface area contributed by atoms with Crippen LogP contribution in [0.4, 0.5) is 0 Å². The van der Waals surface area contributed by atoms with Crippen molar-refractivity contribution in [3.63, 3.8) is 0 Å². The number of aromatic nitrogens is 1. The van der Waals surface area contributed by atoms with E-state index in [2.05, 4.69) is 42.8 Å². The van der Waals surface area contributed by atoms with Crippen molar-refractivity contribution >= 4 is 5.52 Å². The van der Waals surface area contributed by atoms with Crippen LogP contribution in [-0.4, -0.2) is 4.40 Å². The lowest BCUT2D eigenvalue weighted by Crippen LogP contribution is -1.78. The fourth-order valence-electron chi connectivity index (χ4n) is 1.39. The molecular formula is C10H11N. The molecule has 0 fully saturated rings. The lowest BCUT2D eigenvalue weighted by atomic mass is 10.2. The standard InChI is InChI=1S/C10H11N/c1-8-7-11-6-4-3-5-10(11)9(8)2/h3-7H,1-2H3. The maximum absolute atomic E-state index is 2.16. The molecular weight excluding hydrogens is 134 g/mol. The Morgan fingerprint density at radius 3 is 2.73 bits per heavy atom. The zero-order valence-corrected chi connectivity index (χ0v) is 6.83. The molecule has 56 valence electrons. The Morgan fingerprint density at radius 1 is 1.18 bits per heavy atom.